The minimum atomic E-state index is -2.73. The molecule has 0 saturated carbocycles. The van der Waals surface area contributed by atoms with Crippen LogP contribution in [-0.2, 0) is 26.6 Å². The van der Waals surface area contributed by atoms with E-state index in [9.17, 15) is 4.79 Å². The summed E-state index contributed by atoms with van der Waals surface area (Å²) < 4.78 is 33.0. The van der Waals surface area contributed by atoms with E-state index in [0.29, 0.717) is 49.4 Å². The van der Waals surface area contributed by atoms with Crippen molar-refractivity contribution in [3.8, 4) is 0 Å². The van der Waals surface area contributed by atoms with Gasteiger partial charge in [-0.05, 0) is 38.8 Å². The Kier molecular flexibility index (Phi) is 13.7. The normalized spacial score (nSPS) is 11.9. The molecule has 0 radical (unpaired) electrons. The van der Waals surface area contributed by atoms with Gasteiger partial charge in [-0.25, -0.2) is 4.98 Å². The van der Waals surface area contributed by atoms with Gasteiger partial charge in [-0.2, -0.15) is 5.10 Å². The number of carbonyl (C=O) groups excluding carboxylic acids is 1. The first kappa shape index (κ1) is 30.3. The Hall–Kier alpha value is -1.72. The number of pyridine rings is 1. The molecule has 1 heterocycles. The maximum atomic E-state index is 13.3. The van der Waals surface area contributed by atoms with Gasteiger partial charge in [0.05, 0.1) is 5.56 Å². The molecule has 34 heavy (non-hydrogen) atoms. The van der Waals surface area contributed by atoms with Crippen molar-refractivity contribution >= 4 is 35.0 Å². The fraction of sp³-hybridized carbons (Fsp3) is 0.667. The van der Waals surface area contributed by atoms with Gasteiger partial charge in [-0.1, -0.05) is 0 Å². The summed E-state index contributed by atoms with van der Waals surface area (Å²) in [6.45, 7) is 4.77. The highest BCUT2D eigenvalue weighted by Crippen LogP contribution is 2.19. The molecule has 0 aromatic carbocycles. The van der Waals surface area contributed by atoms with Crippen LogP contribution in [0.15, 0.2) is 23.4 Å². The number of aromatic nitrogens is 1. The highest BCUT2D eigenvalue weighted by atomic mass is 28.4. The van der Waals surface area contributed by atoms with Gasteiger partial charge < -0.3 is 31.5 Å². The highest BCUT2D eigenvalue weighted by molar-refractivity contribution is 6.60. The number of nitrogens with one attached hydrogen (secondary N) is 1. The number of carbonyl (C=O) groups is 1. The Bertz CT molecular complexity index is 713. The van der Waals surface area contributed by atoms with E-state index in [1.54, 1.807) is 65.9 Å². The second kappa shape index (κ2) is 15.3. The molecule has 0 atom stereocenters. The fourth-order valence-corrected chi connectivity index (χ4v) is 6.75. The van der Waals surface area contributed by atoms with Crippen LogP contribution in [0.2, 0.25) is 12.1 Å². The van der Waals surface area contributed by atoms with Crippen molar-refractivity contribution in [2.24, 2.45) is 5.10 Å². The van der Waals surface area contributed by atoms with Gasteiger partial charge >= 0.3 is 17.6 Å². The first-order valence-corrected chi connectivity index (χ1v) is 14.9. The van der Waals surface area contributed by atoms with E-state index in [4.69, 9.17) is 26.6 Å². The molecule has 0 fully saturated rings. The largest absolute Gasteiger partial charge is 0.500 e. The second-order valence-electron chi connectivity index (χ2n) is 7.69. The lowest BCUT2D eigenvalue weighted by atomic mass is 10.2. The molecule has 0 bridgehead atoms. The second-order valence-corrected chi connectivity index (χ2v) is 13.9. The average Bonchev–Trinajstić information content (AvgIpc) is 2.87. The number of nitrogens with zero attached hydrogens (tertiary/aromatic N) is 3. The zero-order valence-corrected chi connectivity index (χ0v) is 23.7. The molecule has 1 aromatic heterocycles. The van der Waals surface area contributed by atoms with Crippen LogP contribution in [0.25, 0.3) is 0 Å². The topological polar surface area (TPSA) is 113 Å². The summed E-state index contributed by atoms with van der Waals surface area (Å²) in [7, 11) is 4.03. The summed E-state index contributed by atoms with van der Waals surface area (Å²) >= 11 is 0. The lowest BCUT2D eigenvalue weighted by Gasteiger charge is -2.28. The third-order valence-corrected chi connectivity index (χ3v) is 11.0. The molecule has 1 N–H and O–H groups in total. The Balaban J connectivity index is 2.94. The predicted molar refractivity (Wildman–Crippen MR) is 135 cm³/mol. The first-order valence-electron chi connectivity index (χ1n) is 11.1. The molecule has 0 spiro atoms. The van der Waals surface area contributed by atoms with Crippen LogP contribution >= 0.6 is 0 Å². The number of hydrazone groups is 1. The Morgan fingerprint density at radius 2 is 1.35 bits per heavy atom. The van der Waals surface area contributed by atoms with Crippen molar-refractivity contribution < 1.29 is 31.4 Å². The van der Waals surface area contributed by atoms with Crippen molar-refractivity contribution in [1.82, 2.24) is 9.88 Å². The monoisotopic (exact) mass is 516 g/mol. The molecule has 0 unspecified atom stereocenters. The lowest BCUT2D eigenvalue weighted by molar-refractivity contribution is 0.0739. The van der Waals surface area contributed by atoms with E-state index >= 15 is 0 Å². The van der Waals surface area contributed by atoms with Crippen LogP contribution < -0.4 is 5.43 Å². The van der Waals surface area contributed by atoms with E-state index in [-0.39, 0.29) is 5.91 Å². The molecule has 1 rings (SSSR count). The molecule has 1 amide bonds. The summed E-state index contributed by atoms with van der Waals surface area (Å²) in [6, 6.07) is 4.64. The summed E-state index contributed by atoms with van der Waals surface area (Å²) in [5.41, 5.74) is 4.22. The molecule has 13 heteroatoms. The molecule has 194 valence electrons. The van der Waals surface area contributed by atoms with Crippen LogP contribution in [0.4, 0.5) is 5.82 Å². The van der Waals surface area contributed by atoms with Gasteiger partial charge in [-0.3, -0.25) is 10.2 Å². The van der Waals surface area contributed by atoms with E-state index in [0.717, 1.165) is 5.71 Å². The van der Waals surface area contributed by atoms with Crippen molar-refractivity contribution in [3.63, 3.8) is 0 Å². The first-order chi connectivity index (χ1) is 16.2. The fourth-order valence-electron chi connectivity index (χ4n) is 3.34. The van der Waals surface area contributed by atoms with Crippen LogP contribution in [0, 0.1) is 0 Å². The van der Waals surface area contributed by atoms with Crippen molar-refractivity contribution in [2.75, 3.05) is 61.2 Å². The number of hydrogen-bond donors (Lipinski definition) is 1. The summed E-state index contributed by atoms with van der Waals surface area (Å²) in [4.78, 5) is 19.4. The van der Waals surface area contributed by atoms with E-state index in [2.05, 4.69) is 15.5 Å². The van der Waals surface area contributed by atoms with Gasteiger partial charge in [0, 0.05) is 79.7 Å². The van der Waals surface area contributed by atoms with Crippen LogP contribution in [0.1, 0.15) is 37.0 Å². The van der Waals surface area contributed by atoms with E-state index < -0.39 is 17.6 Å². The Morgan fingerprint density at radius 3 is 1.71 bits per heavy atom. The van der Waals surface area contributed by atoms with Gasteiger partial charge in [0.2, 0.25) is 0 Å². The molecule has 0 aliphatic rings. The van der Waals surface area contributed by atoms with Gasteiger partial charge in [0.1, 0.15) is 5.82 Å². The smallest absolute Gasteiger partial charge is 0.377 e. The van der Waals surface area contributed by atoms with Gasteiger partial charge in [0.25, 0.3) is 5.91 Å². The minimum absolute atomic E-state index is 0.117. The standard InChI is InChI=1S/C21H40N4O7Si2/c1-18(2)23-24-20-12-11-19(17-22-20)21(26)25(13-9-15-33(27-3,28-4)29-5)14-10-16-34(30-6,31-7)32-8/h11-12,17H,9-10,13-16H2,1-8H3,(H,22,24). The highest BCUT2D eigenvalue weighted by Gasteiger charge is 2.38. The van der Waals surface area contributed by atoms with Crippen molar-refractivity contribution in [3.05, 3.63) is 23.9 Å². The third kappa shape index (κ3) is 9.15. The van der Waals surface area contributed by atoms with Gasteiger partial charge in [0.15, 0.2) is 0 Å². The van der Waals surface area contributed by atoms with E-state index in [1.165, 1.54) is 0 Å². The number of hydrogen-bond acceptors (Lipinski definition) is 10. The third-order valence-electron chi connectivity index (χ3n) is 5.38. The molecular formula is C21H40N4O7Si2. The van der Waals surface area contributed by atoms with Crippen LogP contribution in [-0.4, -0.2) is 94.9 Å². The average molecular weight is 517 g/mol. The Morgan fingerprint density at radius 1 is 0.882 bits per heavy atom. The summed E-state index contributed by atoms with van der Waals surface area (Å²) in [6.07, 6.45) is 2.87. The number of amides is 1. The predicted octanol–water partition coefficient (Wildman–Crippen LogP) is 2.87. The number of anilines is 1. The van der Waals surface area contributed by atoms with Crippen LogP contribution in [0.3, 0.4) is 0 Å². The summed E-state index contributed by atoms with van der Waals surface area (Å²) in [5.74, 6) is 0.449. The molecule has 0 saturated heterocycles. The molecule has 0 aliphatic carbocycles. The lowest BCUT2D eigenvalue weighted by Crippen LogP contribution is -2.44. The van der Waals surface area contributed by atoms with Gasteiger partial charge in [-0.15, -0.1) is 0 Å². The quantitative estimate of drug-likeness (QED) is 0.190. The molecule has 11 nitrogen and oxygen atoms in total. The SMILES string of the molecule is CO[Si](CCCN(CCC[Si](OC)(OC)OC)C(=O)c1ccc(NN=C(C)C)nc1)(OC)OC. The molecular weight excluding hydrogens is 476 g/mol. The maximum absolute atomic E-state index is 13.3. The molecule has 1 aromatic rings. The summed E-state index contributed by atoms with van der Waals surface area (Å²) in [5, 5.41) is 4.13. The van der Waals surface area contributed by atoms with Crippen molar-refractivity contribution in [2.45, 2.75) is 38.8 Å². The maximum Gasteiger partial charge on any atom is 0.500 e. The minimum Gasteiger partial charge on any atom is -0.377 e. The van der Waals surface area contributed by atoms with E-state index in [1.807, 2.05) is 13.8 Å². The number of rotatable bonds is 17. The van der Waals surface area contributed by atoms with Crippen molar-refractivity contribution in [1.29, 1.82) is 0 Å². The zero-order valence-electron chi connectivity index (χ0n) is 21.7. The zero-order chi connectivity index (χ0) is 25.6. The molecule has 0 aliphatic heterocycles. The Labute approximate surface area is 205 Å². The van der Waals surface area contributed by atoms with Crippen LogP contribution in [0.5, 0.6) is 0 Å².